The first-order valence-electron chi connectivity index (χ1n) is 11.2. The van der Waals surface area contributed by atoms with Crippen LogP contribution in [0, 0.1) is 12.8 Å². The lowest BCUT2D eigenvalue weighted by atomic mass is 9.90. The van der Waals surface area contributed by atoms with E-state index in [9.17, 15) is 14.7 Å². The molecular weight excluding hydrogens is 438 g/mol. The van der Waals surface area contributed by atoms with Crippen LogP contribution in [-0.4, -0.2) is 23.5 Å². The van der Waals surface area contributed by atoms with Crippen molar-refractivity contribution in [2.75, 3.05) is 6.61 Å². The Morgan fingerprint density at radius 3 is 2.82 bits per heavy atom. The third-order valence-corrected chi connectivity index (χ3v) is 6.24. The van der Waals surface area contributed by atoms with Crippen molar-refractivity contribution in [2.24, 2.45) is 11.7 Å². The zero-order chi connectivity index (χ0) is 23.8. The molecule has 3 rings (SSSR count). The Bertz CT molecular complexity index is 1060. The van der Waals surface area contributed by atoms with Gasteiger partial charge in [-0.3, -0.25) is 4.79 Å². The number of halogens is 1. The van der Waals surface area contributed by atoms with Gasteiger partial charge in [-0.05, 0) is 73.9 Å². The number of hydrogen-bond acceptors (Lipinski definition) is 5. The van der Waals surface area contributed by atoms with Gasteiger partial charge in [0.25, 0.3) is 0 Å². The molecule has 2 aromatic carbocycles. The number of rotatable bonds is 9. The molecule has 0 aliphatic heterocycles. The van der Waals surface area contributed by atoms with Crippen LogP contribution in [0.3, 0.4) is 0 Å². The van der Waals surface area contributed by atoms with Crippen LogP contribution < -0.4 is 5.73 Å². The summed E-state index contributed by atoms with van der Waals surface area (Å²) in [6.07, 6.45) is 8.64. The van der Waals surface area contributed by atoms with Gasteiger partial charge in [0.2, 0.25) is 0 Å². The molecule has 1 aliphatic carbocycles. The molecule has 3 N–H and O–H groups in total. The number of carbonyl (C=O) groups excluding carboxylic acids is 2. The minimum Gasteiger partial charge on any atom is -0.508 e. The van der Waals surface area contributed by atoms with Gasteiger partial charge in [-0.1, -0.05) is 48.0 Å². The number of ether oxygens (including phenoxy) is 1. The summed E-state index contributed by atoms with van der Waals surface area (Å²) in [5, 5.41) is 10.8. The quantitative estimate of drug-likeness (QED) is 0.281. The monoisotopic (exact) mass is 467 g/mol. The van der Waals surface area contributed by atoms with E-state index in [-0.39, 0.29) is 17.5 Å². The van der Waals surface area contributed by atoms with E-state index in [2.05, 4.69) is 0 Å². The number of ketones is 1. The van der Waals surface area contributed by atoms with Crippen molar-refractivity contribution in [3.63, 3.8) is 0 Å². The van der Waals surface area contributed by atoms with Crippen molar-refractivity contribution < 1.29 is 19.4 Å². The van der Waals surface area contributed by atoms with Crippen molar-refractivity contribution in [1.29, 1.82) is 0 Å². The fraction of sp³-hybridized carbons (Fsp3) is 0.333. The maximum absolute atomic E-state index is 12.8. The standard InChI is InChI=1S/C27H30ClNO4/c1-18-10-13-21(24(30)17-18)26(29)22-14-11-20(27(22)32)8-3-2-6-16-33-25(31)15-12-19-7-4-5-9-23(19)28/h4-5,7-10,12-13,15,17,22,26,30H,2-3,6,11,14,16,29H2,1H3/b15-12+,20-8+. The van der Waals surface area contributed by atoms with Gasteiger partial charge in [-0.25, -0.2) is 4.79 Å². The normalized spacial score (nSPS) is 18.2. The van der Waals surface area contributed by atoms with Crippen LogP contribution in [0.5, 0.6) is 5.75 Å². The number of nitrogens with two attached hydrogens (primary N) is 1. The average Bonchev–Trinajstić information content (AvgIpc) is 3.15. The number of aromatic hydroxyl groups is 1. The molecule has 0 aromatic heterocycles. The SMILES string of the molecule is Cc1ccc(C(N)C2CC/C(=C\CCCCOC(=O)/C=C/c3ccccc3Cl)C2=O)c(O)c1. The van der Waals surface area contributed by atoms with Gasteiger partial charge in [-0.2, -0.15) is 0 Å². The molecule has 0 amide bonds. The fourth-order valence-electron chi connectivity index (χ4n) is 4.01. The van der Waals surface area contributed by atoms with Crippen LogP contribution in [0.15, 0.2) is 60.2 Å². The second-order valence-electron chi connectivity index (χ2n) is 8.34. The molecule has 2 atom stereocenters. The third kappa shape index (κ3) is 6.80. The van der Waals surface area contributed by atoms with Crippen LogP contribution in [-0.2, 0) is 14.3 Å². The molecule has 1 saturated carbocycles. The fourth-order valence-corrected chi connectivity index (χ4v) is 4.21. The topological polar surface area (TPSA) is 89.6 Å². The highest BCUT2D eigenvalue weighted by Crippen LogP contribution is 2.38. The van der Waals surface area contributed by atoms with E-state index in [0.717, 1.165) is 29.5 Å². The van der Waals surface area contributed by atoms with Gasteiger partial charge in [0, 0.05) is 28.6 Å². The van der Waals surface area contributed by atoms with Gasteiger partial charge in [0.05, 0.1) is 6.61 Å². The van der Waals surface area contributed by atoms with Crippen molar-refractivity contribution in [1.82, 2.24) is 0 Å². The Balaban J connectivity index is 1.40. The molecule has 0 heterocycles. The largest absolute Gasteiger partial charge is 0.508 e. The Morgan fingerprint density at radius 2 is 2.06 bits per heavy atom. The number of hydrogen-bond donors (Lipinski definition) is 2. The summed E-state index contributed by atoms with van der Waals surface area (Å²) in [6, 6.07) is 12.1. The van der Waals surface area contributed by atoms with E-state index in [1.807, 2.05) is 37.3 Å². The number of esters is 1. The number of benzene rings is 2. The molecule has 0 radical (unpaired) electrons. The Labute approximate surface area is 199 Å². The van der Waals surface area contributed by atoms with Crippen molar-refractivity contribution >= 4 is 29.4 Å². The predicted octanol–water partition coefficient (Wildman–Crippen LogP) is 5.69. The van der Waals surface area contributed by atoms with Gasteiger partial charge in [-0.15, -0.1) is 0 Å². The second kappa shape index (κ2) is 11.8. The summed E-state index contributed by atoms with van der Waals surface area (Å²) in [6.45, 7) is 2.22. The second-order valence-corrected chi connectivity index (χ2v) is 8.75. The Kier molecular flexibility index (Phi) is 8.87. The first-order valence-corrected chi connectivity index (χ1v) is 11.6. The van der Waals surface area contributed by atoms with Crippen molar-refractivity contribution in [2.45, 2.75) is 45.1 Å². The summed E-state index contributed by atoms with van der Waals surface area (Å²) in [5.41, 5.74) is 9.46. The van der Waals surface area contributed by atoms with E-state index in [1.165, 1.54) is 6.08 Å². The number of phenolic OH excluding ortho intramolecular Hbond substituents is 1. The minimum atomic E-state index is -0.512. The van der Waals surface area contributed by atoms with Gasteiger partial charge >= 0.3 is 5.97 Å². The van der Waals surface area contributed by atoms with Crippen LogP contribution in [0.25, 0.3) is 6.08 Å². The summed E-state index contributed by atoms with van der Waals surface area (Å²) in [5.74, 6) is -0.506. The molecule has 2 unspecified atom stereocenters. The summed E-state index contributed by atoms with van der Waals surface area (Å²) in [7, 11) is 0. The van der Waals surface area contributed by atoms with E-state index in [0.29, 0.717) is 36.5 Å². The highest BCUT2D eigenvalue weighted by molar-refractivity contribution is 6.32. The number of unbranched alkanes of at least 4 members (excludes halogenated alkanes) is 2. The average molecular weight is 468 g/mol. The molecule has 33 heavy (non-hydrogen) atoms. The maximum Gasteiger partial charge on any atom is 0.330 e. The van der Waals surface area contributed by atoms with Gasteiger partial charge in [0.1, 0.15) is 5.75 Å². The van der Waals surface area contributed by atoms with E-state index < -0.39 is 12.0 Å². The number of carbonyl (C=O) groups is 2. The van der Waals surface area contributed by atoms with Gasteiger partial charge < -0.3 is 15.6 Å². The van der Waals surface area contributed by atoms with Crippen molar-refractivity contribution in [3.05, 3.63) is 81.9 Å². The lowest BCUT2D eigenvalue weighted by Gasteiger charge is -2.19. The number of Topliss-reactive ketones (excluding diaryl/α,β-unsaturated/α-hetero) is 1. The molecule has 0 spiro atoms. The number of allylic oxidation sites excluding steroid dienone is 2. The molecular formula is C27H30ClNO4. The summed E-state index contributed by atoms with van der Waals surface area (Å²) in [4.78, 5) is 24.6. The minimum absolute atomic E-state index is 0.0682. The smallest absolute Gasteiger partial charge is 0.330 e. The van der Waals surface area contributed by atoms with E-state index >= 15 is 0 Å². The molecule has 6 heteroatoms. The van der Waals surface area contributed by atoms with Crippen molar-refractivity contribution in [3.8, 4) is 5.75 Å². The third-order valence-electron chi connectivity index (χ3n) is 5.89. The van der Waals surface area contributed by atoms with Crippen LogP contribution >= 0.6 is 11.6 Å². The Morgan fingerprint density at radius 1 is 1.27 bits per heavy atom. The molecule has 2 aromatic rings. The number of phenols is 1. The lowest BCUT2D eigenvalue weighted by Crippen LogP contribution is -2.25. The molecule has 0 bridgehead atoms. The van der Waals surface area contributed by atoms with E-state index in [1.54, 1.807) is 24.3 Å². The number of aryl methyl sites for hydroxylation is 1. The van der Waals surface area contributed by atoms with E-state index in [4.69, 9.17) is 22.1 Å². The molecule has 0 saturated heterocycles. The molecule has 1 aliphatic rings. The summed E-state index contributed by atoms with van der Waals surface area (Å²) < 4.78 is 5.22. The first-order chi connectivity index (χ1) is 15.9. The molecule has 5 nitrogen and oxygen atoms in total. The zero-order valence-corrected chi connectivity index (χ0v) is 19.6. The summed E-state index contributed by atoms with van der Waals surface area (Å²) >= 11 is 6.05. The Hall–Kier alpha value is -2.89. The maximum atomic E-state index is 12.8. The van der Waals surface area contributed by atoms with Crippen LogP contribution in [0.4, 0.5) is 0 Å². The van der Waals surface area contributed by atoms with Gasteiger partial charge in [0.15, 0.2) is 5.78 Å². The highest BCUT2D eigenvalue weighted by atomic mass is 35.5. The predicted molar refractivity (Wildman–Crippen MR) is 131 cm³/mol. The van der Waals surface area contributed by atoms with Crippen LogP contribution in [0.1, 0.15) is 54.8 Å². The zero-order valence-electron chi connectivity index (χ0n) is 18.8. The lowest BCUT2D eigenvalue weighted by molar-refractivity contribution is -0.137. The first kappa shape index (κ1) is 24.7. The molecule has 174 valence electrons. The molecule has 1 fully saturated rings. The highest BCUT2D eigenvalue weighted by Gasteiger charge is 2.35. The van der Waals surface area contributed by atoms with Crippen LogP contribution in [0.2, 0.25) is 5.02 Å².